The molecule has 4 N–H and O–H groups in total. The minimum atomic E-state index is -4.28. The number of aromatic nitrogens is 1. The number of nitrogens with two attached hydrogens (primary N) is 1. The fraction of sp³-hybridized carbons (Fsp3) is 0.600. The number of hydrogen-bond donors (Lipinski definition) is 4. The van der Waals surface area contributed by atoms with E-state index in [4.69, 9.17) is 5.73 Å². The molecule has 9 heteroatoms. The molecule has 1 amide bonds. The van der Waals surface area contributed by atoms with E-state index >= 15 is 0 Å². The van der Waals surface area contributed by atoms with Gasteiger partial charge in [-0.1, -0.05) is 26.8 Å². The van der Waals surface area contributed by atoms with E-state index in [1.165, 1.54) is 0 Å². The molecule has 2 atom stereocenters. The number of halogens is 3. The molecule has 2 rings (SSSR count). The summed E-state index contributed by atoms with van der Waals surface area (Å²) in [6, 6.07) is 0.946. The second kappa shape index (κ2) is 9.06. The Kier molecular flexibility index (Phi) is 7.40. The molecule has 0 aliphatic heterocycles. The number of aryl methyl sites for hydroxylation is 1. The van der Waals surface area contributed by atoms with Gasteiger partial charge in [-0.3, -0.25) is 4.79 Å². The summed E-state index contributed by atoms with van der Waals surface area (Å²) >= 11 is 4.10. The predicted octanol–water partition coefficient (Wildman–Crippen LogP) is 1.28. The number of alkyl halides is 3. The highest BCUT2D eigenvalue weighted by molar-refractivity contribution is 7.80. The first-order valence-electron chi connectivity index (χ1n) is 9.49. The van der Waals surface area contributed by atoms with Crippen molar-refractivity contribution < 1.29 is 18.0 Å². The normalized spacial score (nSPS) is 18.1. The Morgan fingerprint density at radius 3 is 2.59 bits per heavy atom. The SMILES string of the molecule is Cc1cc(C(=O)NC[C@@H](N)CS)nc2c1=CC(NCC(F)(F)F)CC=2C(C)(C)C. The summed E-state index contributed by atoms with van der Waals surface area (Å²) in [7, 11) is 0. The van der Waals surface area contributed by atoms with E-state index in [9.17, 15) is 18.0 Å². The van der Waals surface area contributed by atoms with Crippen molar-refractivity contribution in [3.63, 3.8) is 0 Å². The number of fused-ring (bicyclic) bond motifs is 1. The molecule has 1 heterocycles. The van der Waals surface area contributed by atoms with Gasteiger partial charge in [0, 0.05) is 29.6 Å². The van der Waals surface area contributed by atoms with Gasteiger partial charge >= 0.3 is 6.18 Å². The Morgan fingerprint density at radius 2 is 2.03 bits per heavy atom. The second-order valence-electron chi connectivity index (χ2n) is 8.44. The number of amides is 1. The van der Waals surface area contributed by atoms with E-state index in [0.717, 1.165) is 16.4 Å². The lowest BCUT2D eigenvalue weighted by molar-refractivity contribution is -0.125. The number of rotatable bonds is 6. The number of nitrogens with zero attached hydrogens (tertiary/aromatic N) is 1. The largest absolute Gasteiger partial charge is 0.401 e. The summed E-state index contributed by atoms with van der Waals surface area (Å²) < 4.78 is 38.0. The monoisotopic (exact) mass is 430 g/mol. The Balaban J connectivity index is 2.47. The van der Waals surface area contributed by atoms with Crippen LogP contribution in [0.1, 0.15) is 43.2 Å². The van der Waals surface area contributed by atoms with Crippen molar-refractivity contribution in [3.8, 4) is 0 Å². The van der Waals surface area contributed by atoms with Crippen molar-refractivity contribution in [1.82, 2.24) is 15.6 Å². The molecule has 1 aromatic rings. The van der Waals surface area contributed by atoms with Gasteiger partial charge in [0.15, 0.2) is 0 Å². The fourth-order valence-corrected chi connectivity index (χ4v) is 3.36. The highest BCUT2D eigenvalue weighted by atomic mass is 32.1. The Bertz CT molecular complexity index is 877. The molecular weight excluding hydrogens is 401 g/mol. The van der Waals surface area contributed by atoms with Crippen LogP contribution in [0.2, 0.25) is 0 Å². The quantitative estimate of drug-likeness (QED) is 0.513. The summed E-state index contributed by atoms with van der Waals surface area (Å²) in [6.45, 7) is 7.04. The van der Waals surface area contributed by atoms with Crippen LogP contribution < -0.4 is 26.9 Å². The zero-order chi connectivity index (χ0) is 22.0. The molecule has 0 fully saturated rings. The van der Waals surface area contributed by atoms with Crippen molar-refractivity contribution in [2.24, 2.45) is 11.1 Å². The van der Waals surface area contributed by atoms with Gasteiger partial charge in [0.05, 0.1) is 11.9 Å². The first kappa shape index (κ1) is 23.7. The molecule has 0 bridgehead atoms. The molecule has 0 saturated heterocycles. The van der Waals surface area contributed by atoms with Gasteiger partial charge in [-0.05, 0) is 36.0 Å². The number of pyridine rings is 1. The summed E-state index contributed by atoms with van der Waals surface area (Å²) in [5.74, 6) is 0.110. The van der Waals surface area contributed by atoms with E-state index in [-0.39, 0.29) is 29.6 Å². The maximum Gasteiger partial charge on any atom is 0.401 e. The average molecular weight is 431 g/mol. The number of thiol groups is 1. The van der Waals surface area contributed by atoms with Gasteiger partial charge in [0.1, 0.15) is 5.69 Å². The van der Waals surface area contributed by atoms with E-state index in [1.54, 1.807) is 12.1 Å². The van der Waals surface area contributed by atoms with Gasteiger partial charge < -0.3 is 16.4 Å². The molecule has 1 aromatic heterocycles. The van der Waals surface area contributed by atoms with Crippen molar-refractivity contribution >= 4 is 30.2 Å². The minimum Gasteiger partial charge on any atom is -0.349 e. The molecule has 0 spiro atoms. The average Bonchev–Trinajstić information content (AvgIpc) is 2.62. The second-order valence-corrected chi connectivity index (χ2v) is 8.81. The Morgan fingerprint density at radius 1 is 1.38 bits per heavy atom. The Hall–Kier alpha value is -1.58. The summed E-state index contributed by atoms with van der Waals surface area (Å²) in [5.41, 5.74) is 7.45. The van der Waals surface area contributed by atoms with Crippen LogP contribution in [0.5, 0.6) is 0 Å². The third kappa shape index (κ3) is 6.45. The van der Waals surface area contributed by atoms with Gasteiger partial charge in [-0.25, -0.2) is 4.98 Å². The minimum absolute atomic E-state index is 0.258. The number of carbonyl (C=O) groups is 1. The third-order valence-corrected chi connectivity index (χ3v) is 5.27. The lowest BCUT2D eigenvalue weighted by atomic mass is 9.79. The smallest absolute Gasteiger partial charge is 0.349 e. The van der Waals surface area contributed by atoms with Gasteiger partial charge in [-0.15, -0.1) is 0 Å². The molecule has 5 nitrogen and oxygen atoms in total. The highest BCUT2D eigenvalue weighted by Gasteiger charge is 2.30. The molecule has 0 radical (unpaired) electrons. The van der Waals surface area contributed by atoms with Gasteiger partial charge in [0.2, 0.25) is 0 Å². The van der Waals surface area contributed by atoms with Crippen molar-refractivity contribution in [1.29, 1.82) is 0 Å². The van der Waals surface area contributed by atoms with Crippen molar-refractivity contribution in [3.05, 3.63) is 27.9 Å². The molecule has 29 heavy (non-hydrogen) atoms. The van der Waals surface area contributed by atoms with E-state index in [1.807, 2.05) is 27.7 Å². The van der Waals surface area contributed by atoms with Gasteiger partial charge in [0.25, 0.3) is 5.91 Å². The molecule has 1 aliphatic rings. The zero-order valence-electron chi connectivity index (χ0n) is 17.2. The summed E-state index contributed by atoms with van der Waals surface area (Å²) in [5, 5.41) is 6.77. The fourth-order valence-electron chi connectivity index (χ4n) is 3.23. The van der Waals surface area contributed by atoms with Crippen LogP contribution in [-0.2, 0) is 0 Å². The zero-order valence-corrected chi connectivity index (χ0v) is 18.0. The molecule has 0 saturated carbocycles. The van der Waals surface area contributed by atoms with Crippen LogP contribution in [0.25, 0.3) is 11.6 Å². The maximum absolute atomic E-state index is 12.7. The van der Waals surface area contributed by atoms with Crippen LogP contribution in [0.4, 0.5) is 13.2 Å². The standard InChI is InChI=1S/C20H29F3N4OS/c1-11-5-16(18(28)25-8-12(24)9-29)27-17-14(11)6-13(26-10-20(21,22)23)7-15(17)19(2,3)4/h5-6,12-13,26,29H,7-10,24H2,1-4H3,(H,25,28)/t12-,13?/m1/s1. The van der Waals surface area contributed by atoms with E-state index in [0.29, 0.717) is 17.5 Å². The van der Waals surface area contributed by atoms with Crippen molar-refractivity contribution in [2.75, 3.05) is 18.8 Å². The van der Waals surface area contributed by atoms with E-state index < -0.39 is 18.8 Å². The van der Waals surface area contributed by atoms with Crippen LogP contribution in [-0.4, -0.2) is 48.0 Å². The lowest BCUT2D eigenvalue weighted by Gasteiger charge is -2.29. The highest BCUT2D eigenvalue weighted by Crippen LogP contribution is 2.30. The Labute approximate surface area is 174 Å². The molecule has 1 unspecified atom stereocenters. The van der Waals surface area contributed by atoms with Crippen molar-refractivity contribution in [2.45, 2.75) is 52.4 Å². The topological polar surface area (TPSA) is 80.0 Å². The number of carbonyl (C=O) groups excluding carboxylic acids is 1. The maximum atomic E-state index is 12.7. The first-order chi connectivity index (χ1) is 13.3. The predicted molar refractivity (Wildman–Crippen MR) is 112 cm³/mol. The molecular formula is C20H29F3N4OS. The van der Waals surface area contributed by atoms with Crippen LogP contribution >= 0.6 is 12.6 Å². The summed E-state index contributed by atoms with van der Waals surface area (Å²) in [6.07, 6.45) is -2.11. The molecule has 162 valence electrons. The lowest BCUT2D eigenvalue weighted by Crippen LogP contribution is -2.47. The third-order valence-electron chi connectivity index (χ3n) is 4.81. The number of nitrogens with one attached hydrogen (secondary N) is 2. The van der Waals surface area contributed by atoms with Crippen LogP contribution in [0.15, 0.2) is 6.07 Å². The molecule has 0 aromatic carbocycles. The van der Waals surface area contributed by atoms with Gasteiger partial charge in [-0.2, -0.15) is 25.8 Å². The first-order valence-corrected chi connectivity index (χ1v) is 10.1. The number of hydrogen-bond acceptors (Lipinski definition) is 5. The van der Waals surface area contributed by atoms with E-state index in [2.05, 4.69) is 28.2 Å². The van der Waals surface area contributed by atoms with Crippen LogP contribution in [0.3, 0.4) is 0 Å². The molecule has 1 aliphatic carbocycles. The summed E-state index contributed by atoms with van der Waals surface area (Å²) in [4.78, 5) is 17.1. The van der Waals surface area contributed by atoms with Crippen LogP contribution in [0, 0.1) is 12.3 Å².